The summed E-state index contributed by atoms with van der Waals surface area (Å²) in [6.07, 6.45) is 3.60. The van der Waals surface area contributed by atoms with Crippen molar-refractivity contribution in [3.63, 3.8) is 0 Å². The number of nitrogens with two attached hydrogens (primary N) is 1. The maximum atomic E-state index is 12.4. The summed E-state index contributed by atoms with van der Waals surface area (Å²) >= 11 is 0. The standard InChI is InChI=1S/C16H25N3O2/c1-3-21-15-13(8-6-9-14(15)17)16(20)18-11-12-7-4-5-10-19(12)2/h6,8-9,12H,3-5,7,10-11,17H2,1-2H3,(H,18,20). The molecule has 1 heterocycles. The Morgan fingerprint density at radius 1 is 1.48 bits per heavy atom. The van der Waals surface area contributed by atoms with E-state index in [1.165, 1.54) is 12.8 Å². The van der Waals surface area contributed by atoms with Crippen molar-refractivity contribution in [2.24, 2.45) is 0 Å². The summed E-state index contributed by atoms with van der Waals surface area (Å²) in [5, 5.41) is 3.01. The van der Waals surface area contributed by atoms with Gasteiger partial charge in [0.15, 0.2) is 5.75 Å². The van der Waals surface area contributed by atoms with Gasteiger partial charge in [0.05, 0.1) is 17.9 Å². The van der Waals surface area contributed by atoms with E-state index in [0.717, 1.165) is 13.0 Å². The van der Waals surface area contributed by atoms with Gasteiger partial charge in [0, 0.05) is 12.6 Å². The van der Waals surface area contributed by atoms with E-state index in [4.69, 9.17) is 10.5 Å². The second-order valence-corrected chi connectivity index (χ2v) is 5.50. The van der Waals surface area contributed by atoms with Crippen LogP contribution in [0.3, 0.4) is 0 Å². The molecule has 21 heavy (non-hydrogen) atoms. The van der Waals surface area contributed by atoms with Crippen molar-refractivity contribution in [1.29, 1.82) is 0 Å². The van der Waals surface area contributed by atoms with Gasteiger partial charge < -0.3 is 20.7 Å². The first-order chi connectivity index (χ1) is 10.1. The molecule has 1 aromatic carbocycles. The number of hydrogen-bond acceptors (Lipinski definition) is 4. The third-order valence-corrected chi connectivity index (χ3v) is 4.00. The zero-order valence-corrected chi connectivity index (χ0v) is 12.9. The van der Waals surface area contributed by atoms with Gasteiger partial charge in [-0.25, -0.2) is 0 Å². The third kappa shape index (κ3) is 3.88. The topological polar surface area (TPSA) is 67.6 Å². The number of benzene rings is 1. The molecule has 0 saturated carbocycles. The van der Waals surface area contributed by atoms with Crippen LogP contribution in [-0.4, -0.2) is 43.6 Å². The van der Waals surface area contributed by atoms with Gasteiger partial charge in [-0.1, -0.05) is 12.5 Å². The molecule has 1 aliphatic rings. The van der Waals surface area contributed by atoms with E-state index in [-0.39, 0.29) is 5.91 Å². The monoisotopic (exact) mass is 291 g/mol. The Bertz CT molecular complexity index is 490. The van der Waals surface area contributed by atoms with Crippen LogP contribution in [0.5, 0.6) is 5.75 Å². The van der Waals surface area contributed by atoms with Gasteiger partial charge in [0.2, 0.25) is 0 Å². The Kier molecular flexibility index (Phi) is 5.44. The van der Waals surface area contributed by atoms with Crippen LogP contribution >= 0.6 is 0 Å². The maximum absolute atomic E-state index is 12.4. The van der Waals surface area contributed by atoms with E-state index in [1.807, 2.05) is 6.92 Å². The number of likely N-dealkylation sites (N-methyl/N-ethyl adjacent to an activating group) is 1. The number of carbonyl (C=O) groups excluding carboxylic acids is 1. The molecule has 1 fully saturated rings. The molecule has 0 aromatic heterocycles. The van der Waals surface area contributed by atoms with Crippen molar-refractivity contribution >= 4 is 11.6 Å². The summed E-state index contributed by atoms with van der Waals surface area (Å²) in [6.45, 7) is 4.13. The van der Waals surface area contributed by atoms with E-state index in [1.54, 1.807) is 18.2 Å². The smallest absolute Gasteiger partial charge is 0.255 e. The SMILES string of the molecule is CCOc1c(N)cccc1C(=O)NCC1CCCCN1C. The fourth-order valence-electron chi connectivity index (χ4n) is 2.75. The number of nitrogens with one attached hydrogen (secondary N) is 1. The third-order valence-electron chi connectivity index (χ3n) is 4.00. The number of rotatable bonds is 5. The van der Waals surface area contributed by atoms with Crippen molar-refractivity contribution in [3.8, 4) is 5.75 Å². The Balaban J connectivity index is 2.01. The van der Waals surface area contributed by atoms with E-state index in [0.29, 0.717) is 36.2 Å². The Hall–Kier alpha value is -1.75. The lowest BCUT2D eigenvalue weighted by Gasteiger charge is -2.32. The van der Waals surface area contributed by atoms with Gasteiger partial charge in [-0.05, 0) is 45.5 Å². The molecule has 0 bridgehead atoms. The van der Waals surface area contributed by atoms with Gasteiger partial charge in [-0.2, -0.15) is 0 Å². The fraction of sp³-hybridized carbons (Fsp3) is 0.562. The highest BCUT2D eigenvalue weighted by Crippen LogP contribution is 2.26. The highest BCUT2D eigenvalue weighted by molar-refractivity contribution is 5.98. The van der Waals surface area contributed by atoms with E-state index >= 15 is 0 Å². The number of piperidine rings is 1. The lowest BCUT2D eigenvalue weighted by molar-refractivity contribution is 0.0925. The molecule has 0 spiro atoms. The summed E-state index contributed by atoms with van der Waals surface area (Å²) in [5.41, 5.74) is 6.90. The molecule has 1 atom stereocenters. The Morgan fingerprint density at radius 3 is 3.00 bits per heavy atom. The number of nitrogens with zero attached hydrogens (tertiary/aromatic N) is 1. The van der Waals surface area contributed by atoms with Crippen LogP contribution in [-0.2, 0) is 0 Å². The Labute approximate surface area is 126 Å². The molecule has 2 rings (SSSR count). The summed E-state index contributed by atoms with van der Waals surface area (Å²) in [6, 6.07) is 5.69. The van der Waals surface area contributed by atoms with Gasteiger partial charge in [0.25, 0.3) is 5.91 Å². The van der Waals surface area contributed by atoms with Crippen LogP contribution in [0.4, 0.5) is 5.69 Å². The number of carbonyl (C=O) groups is 1. The van der Waals surface area contributed by atoms with Crippen LogP contribution in [0.15, 0.2) is 18.2 Å². The lowest BCUT2D eigenvalue weighted by atomic mass is 10.0. The first kappa shape index (κ1) is 15.6. The number of amides is 1. The molecule has 5 heteroatoms. The molecular weight excluding hydrogens is 266 g/mol. The molecule has 116 valence electrons. The quantitative estimate of drug-likeness (QED) is 0.813. The number of para-hydroxylation sites is 1. The fourth-order valence-corrected chi connectivity index (χ4v) is 2.75. The van der Waals surface area contributed by atoms with Crippen molar-refractivity contribution < 1.29 is 9.53 Å². The number of anilines is 1. The van der Waals surface area contributed by atoms with Crippen LogP contribution in [0.25, 0.3) is 0 Å². The molecule has 3 N–H and O–H groups in total. The first-order valence-corrected chi connectivity index (χ1v) is 7.63. The molecule has 5 nitrogen and oxygen atoms in total. The minimum Gasteiger partial charge on any atom is -0.491 e. The van der Waals surface area contributed by atoms with Crippen molar-refractivity contribution in [2.45, 2.75) is 32.2 Å². The zero-order valence-electron chi connectivity index (χ0n) is 12.9. The Morgan fingerprint density at radius 2 is 2.29 bits per heavy atom. The molecule has 0 aliphatic carbocycles. The number of nitrogen functional groups attached to an aromatic ring is 1. The molecule has 1 saturated heterocycles. The van der Waals surface area contributed by atoms with Crippen LogP contribution in [0, 0.1) is 0 Å². The number of ether oxygens (including phenoxy) is 1. The van der Waals surface area contributed by atoms with Crippen molar-refractivity contribution in [2.75, 3.05) is 32.5 Å². The van der Waals surface area contributed by atoms with E-state index in [9.17, 15) is 4.79 Å². The highest BCUT2D eigenvalue weighted by Gasteiger charge is 2.21. The predicted molar refractivity (Wildman–Crippen MR) is 84.6 cm³/mol. The second-order valence-electron chi connectivity index (χ2n) is 5.50. The maximum Gasteiger partial charge on any atom is 0.255 e. The average Bonchev–Trinajstić information content (AvgIpc) is 2.48. The lowest BCUT2D eigenvalue weighted by Crippen LogP contribution is -2.44. The normalized spacial score (nSPS) is 19.2. The first-order valence-electron chi connectivity index (χ1n) is 7.63. The minimum absolute atomic E-state index is 0.121. The predicted octanol–water partition coefficient (Wildman–Crippen LogP) is 1.88. The summed E-state index contributed by atoms with van der Waals surface area (Å²) < 4.78 is 5.51. The van der Waals surface area contributed by atoms with Gasteiger partial charge in [-0.3, -0.25) is 4.79 Å². The van der Waals surface area contributed by atoms with E-state index < -0.39 is 0 Å². The summed E-state index contributed by atoms with van der Waals surface area (Å²) in [4.78, 5) is 14.7. The molecule has 0 radical (unpaired) electrons. The van der Waals surface area contributed by atoms with Gasteiger partial charge in [0.1, 0.15) is 0 Å². The van der Waals surface area contributed by atoms with Crippen molar-refractivity contribution in [1.82, 2.24) is 10.2 Å². The molecule has 1 unspecified atom stereocenters. The number of hydrogen-bond donors (Lipinski definition) is 2. The molecule has 1 amide bonds. The van der Waals surface area contributed by atoms with Gasteiger partial charge in [-0.15, -0.1) is 0 Å². The van der Waals surface area contributed by atoms with Crippen molar-refractivity contribution in [3.05, 3.63) is 23.8 Å². The van der Waals surface area contributed by atoms with Crippen LogP contribution in [0.1, 0.15) is 36.5 Å². The van der Waals surface area contributed by atoms with Gasteiger partial charge >= 0.3 is 0 Å². The van der Waals surface area contributed by atoms with E-state index in [2.05, 4.69) is 17.3 Å². The number of likely N-dealkylation sites (tertiary alicyclic amines) is 1. The van der Waals surface area contributed by atoms with Crippen LogP contribution < -0.4 is 15.8 Å². The average molecular weight is 291 g/mol. The summed E-state index contributed by atoms with van der Waals surface area (Å²) in [7, 11) is 2.11. The zero-order chi connectivity index (χ0) is 15.2. The second kappa shape index (κ2) is 7.31. The van der Waals surface area contributed by atoms with Crippen LogP contribution in [0.2, 0.25) is 0 Å². The molecule has 1 aromatic rings. The minimum atomic E-state index is -0.121. The summed E-state index contributed by atoms with van der Waals surface area (Å²) in [5.74, 6) is 0.360. The largest absolute Gasteiger partial charge is 0.491 e. The molecular formula is C16H25N3O2. The highest BCUT2D eigenvalue weighted by atomic mass is 16.5. The molecule has 1 aliphatic heterocycles.